The van der Waals surface area contributed by atoms with Crippen LogP contribution in [0, 0.1) is 27.7 Å². The van der Waals surface area contributed by atoms with E-state index in [1.54, 1.807) is 0 Å². The molecule has 1 aliphatic rings. The van der Waals surface area contributed by atoms with Gasteiger partial charge >= 0.3 is 5.97 Å². The Morgan fingerprint density at radius 1 is 0.903 bits per heavy atom. The Balaban J connectivity index is 1.69. The normalized spacial score (nSPS) is 15.0. The van der Waals surface area contributed by atoms with E-state index in [0.29, 0.717) is 18.7 Å². The molecule has 0 unspecified atom stereocenters. The molecule has 2 aromatic carbocycles. The van der Waals surface area contributed by atoms with E-state index >= 15 is 0 Å². The van der Waals surface area contributed by atoms with Crippen LogP contribution >= 0.6 is 0 Å². The van der Waals surface area contributed by atoms with Gasteiger partial charge in [0.25, 0.3) is 0 Å². The van der Waals surface area contributed by atoms with Crippen LogP contribution in [0.25, 0.3) is 0 Å². The molecule has 3 rings (SSSR count). The molecule has 0 amide bonds. The van der Waals surface area contributed by atoms with E-state index in [9.17, 15) is 18.0 Å². The molecule has 0 saturated carbocycles. The lowest BCUT2D eigenvalue weighted by Gasteiger charge is -2.25. The minimum Gasteiger partial charge on any atom is -0.454 e. The van der Waals surface area contributed by atoms with Gasteiger partial charge in [-0.1, -0.05) is 12.5 Å². The first-order valence-corrected chi connectivity index (χ1v) is 11.9. The van der Waals surface area contributed by atoms with Crippen molar-refractivity contribution in [3.63, 3.8) is 0 Å². The van der Waals surface area contributed by atoms with Crippen molar-refractivity contribution >= 4 is 21.8 Å². The fourth-order valence-corrected chi connectivity index (χ4v) is 5.46. The topological polar surface area (TPSA) is 80.8 Å². The highest BCUT2D eigenvalue weighted by molar-refractivity contribution is 7.89. The Bertz CT molecular complexity index is 1070. The standard InChI is InChI=1S/C24H29NO5S/c1-16-14-17(2)19(4)23(18(16)3)22(26)15-30-24(27)20-8-10-21(11-9-20)31(28,29)25-12-6-5-7-13-25/h8-11,14H,5-7,12-13,15H2,1-4H3. The number of hydrogen-bond acceptors (Lipinski definition) is 5. The minimum absolute atomic E-state index is 0.156. The first-order valence-electron chi connectivity index (χ1n) is 10.5. The van der Waals surface area contributed by atoms with Crippen LogP contribution < -0.4 is 0 Å². The van der Waals surface area contributed by atoms with Gasteiger partial charge < -0.3 is 4.74 Å². The maximum atomic E-state index is 12.7. The first kappa shape index (κ1) is 23.2. The highest BCUT2D eigenvalue weighted by atomic mass is 32.2. The summed E-state index contributed by atoms with van der Waals surface area (Å²) in [5.41, 5.74) is 4.60. The van der Waals surface area contributed by atoms with E-state index < -0.39 is 16.0 Å². The van der Waals surface area contributed by atoms with E-state index in [2.05, 4.69) is 0 Å². The zero-order valence-electron chi connectivity index (χ0n) is 18.5. The lowest BCUT2D eigenvalue weighted by Crippen LogP contribution is -2.35. The molecule has 1 heterocycles. The number of sulfonamides is 1. The summed E-state index contributed by atoms with van der Waals surface area (Å²) < 4.78 is 32.2. The zero-order valence-corrected chi connectivity index (χ0v) is 19.3. The van der Waals surface area contributed by atoms with Gasteiger partial charge in [-0.2, -0.15) is 4.31 Å². The third-order valence-electron chi connectivity index (χ3n) is 6.02. The number of aryl methyl sites for hydroxylation is 2. The van der Waals surface area contributed by atoms with Crippen molar-refractivity contribution in [3.8, 4) is 0 Å². The van der Waals surface area contributed by atoms with Crippen LogP contribution in [0.15, 0.2) is 35.2 Å². The third kappa shape index (κ3) is 4.88. The number of esters is 1. The van der Waals surface area contributed by atoms with Crippen molar-refractivity contribution in [2.45, 2.75) is 51.9 Å². The van der Waals surface area contributed by atoms with E-state index in [-0.39, 0.29) is 22.8 Å². The lowest BCUT2D eigenvalue weighted by atomic mass is 9.92. The zero-order chi connectivity index (χ0) is 22.8. The molecule has 6 nitrogen and oxygen atoms in total. The molecular weight excluding hydrogens is 414 g/mol. The molecule has 0 atom stereocenters. The Hall–Kier alpha value is -2.51. The molecule has 1 fully saturated rings. The molecule has 0 spiro atoms. The van der Waals surface area contributed by atoms with Gasteiger partial charge in [-0.05, 0) is 87.1 Å². The number of carbonyl (C=O) groups excluding carboxylic acids is 2. The summed E-state index contributed by atoms with van der Waals surface area (Å²) in [6, 6.07) is 7.72. The summed E-state index contributed by atoms with van der Waals surface area (Å²) in [5, 5.41) is 0. The van der Waals surface area contributed by atoms with Crippen LogP contribution in [0.4, 0.5) is 0 Å². The van der Waals surface area contributed by atoms with Gasteiger partial charge in [0, 0.05) is 18.7 Å². The number of nitrogens with zero attached hydrogens (tertiary/aromatic N) is 1. The quantitative estimate of drug-likeness (QED) is 0.495. The van der Waals surface area contributed by atoms with Gasteiger partial charge in [-0.3, -0.25) is 4.79 Å². The molecule has 0 N–H and O–H groups in total. The summed E-state index contributed by atoms with van der Waals surface area (Å²) in [4.78, 5) is 25.3. The van der Waals surface area contributed by atoms with Crippen molar-refractivity contribution in [2.75, 3.05) is 19.7 Å². The van der Waals surface area contributed by atoms with Gasteiger partial charge in [0.05, 0.1) is 10.5 Å². The maximum Gasteiger partial charge on any atom is 0.338 e. The molecule has 166 valence electrons. The Morgan fingerprint density at radius 2 is 1.45 bits per heavy atom. The van der Waals surface area contributed by atoms with Crippen molar-refractivity contribution in [1.82, 2.24) is 4.31 Å². The van der Waals surface area contributed by atoms with Crippen molar-refractivity contribution in [3.05, 3.63) is 63.7 Å². The summed E-state index contributed by atoms with van der Waals surface area (Å²) in [6.45, 7) is 8.35. The van der Waals surface area contributed by atoms with E-state index in [1.807, 2.05) is 33.8 Å². The van der Waals surface area contributed by atoms with Gasteiger partial charge in [-0.25, -0.2) is 13.2 Å². The number of ketones is 1. The van der Waals surface area contributed by atoms with Crippen LogP contribution in [0.3, 0.4) is 0 Å². The average Bonchev–Trinajstić information content (AvgIpc) is 2.77. The van der Waals surface area contributed by atoms with Gasteiger partial charge in [0.1, 0.15) is 0 Å². The number of Topliss-reactive ketones (excluding diaryl/α,β-unsaturated/α-hetero) is 1. The van der Waals surface area contributed by atoms with Crippen LogP contribution in [0.5, 0.6) is 0 Å². The fourth-order valence-electron chi connectivity index (χ4n) is 3.94. The lowest BCUT2D eigenvalue weighted by molar-refractivity contribution is 0.0474. The number of carbonyl (C=O) groups is 2. The SMILES string of the molecule is Cc1cc(C)c(C)c(C(=O)COC(=O)c2ccc(S(=O)(=O)N3CCCCC3)cc2)c1C. The summed E-state index contributed by atoms with van der Waals surface area (Å²) >= 11 is 0. The smallest absolute Gasteiger partial charge is 0.338 e. The second-order valence-corrected chi connectivity index (χ2v) is 10.1. The number of piperidine rings is 1. The Morgan fingerprint density at radius 3 is 2.00 bits per heavy atom. The second-order valence-electron chi connectivity index (χ2n) is 8.12. The highest BCUT2D eigenvalue weighted by Gasteiger charge is 2.26. The molecule has 0 aliphatic carbocycles. The van der Waals surface area contributed by atoms with Crippen molar-refractivity contribution in [2.24, 2.45) is 0 Å². The largest absolute Gasteiger partial charge is 0.454 e. The van der Waals surface area contributed by atoms with Crippen molar-refractivity contribution in [1.29, 1.82) is 0 Å². The third-order valence-corrected chi connectivity index (χ3v) is 7.93. The van der Waals surface area contributed by atoms with Gasteiger partial charge in [0.2, 0.25) is 15.8 Å². The molecule has 2 aromatic rings. The van der Waals surface area contributed by atoms with Crippen LogP contribution in [-0.2, 0) is 14.8 Å². The van der Waals surface area contributed by atoms with E-state index in [1.165, 1.54) is 28.6 Å². The maximum absolute atomic E-state index is 12.7. The summed E-state index contributed by atoms with van der Waals surface area (Å²) in [6.07, 6.45) is 2.75. The molecule has 7 heteroatoms. The minimum atomic E-state index is -3.56. The predicted molar refractivity (Wildman–Crippen MR) is 119 cm³/mol. The number of hydrogen-bond donors (Lipinski definition) is 0. The summed E-state index contributed by atoms with van der Waals surface area (Å²) in [5.74, 6) is -0.908. The molecular formula is C24H29NO5S. The van der Waals surface area contributed by atoms with Crippen LogP contribution in [-0.4, -0.2) is 44.2 Å². The molecule has 1 aliphatic heterocycles. The van der Waals surface area contributed by atoms with E-state index in [0.717, 1.165) is 41.5 Å². The summed E-state index contributed by atoms with van der Waals surface area (Å²) in [7, 11) is -3.56. The van der Waals surface area contributed by atoms with Crippen LogP contribution in [0.1, 0.15) is 62.2 Å². The molecule has 0 bridgehead atoms. The number of rotatable bonds is 6. The molecule has 1 saturated heterocycles. The predicted octanol–water partition coefficient (Wildman–Crippen LogP) is 4.13. The Kier molecular flexibility index (Phi) is 6.96. The monoisotopic (exact) mass is 443 g/mol. The average molecular weight is 444 g/mol. The fraction of sp³-hybridized carbons (Fsp3) is 0.417. The molecule has 0 aromatic heterocycles. The molecule has 0 radical (unpaired) electrons. The van der Waals surface area contributed by atoms with Gasteiger partial charge in [-0.15, -0.1) is 0 Å². The first-order chi connectivity index (χ1) is 14.6. The second kappa shape index (κ2) is 9.32. The number of benzene rings is 2. The molecule has 31 heavy (non-hydrogen) atoms. The van der Waals surface area contributed by atoms with E-state index in [4.69, 9.17) is 4.74 Å². The van der Waals surface area contributed by atoms with Crippen LogP contribution in [0.2, 0.25) is 0 Å². The van der Waals surface area contributed by atoms with Gasteiger partial charge in [0.15, 0.2) is 6.61 Å². The highest BCUT2D eigenvalue weighted by Crippen LogP contribution is 2.23. The Labute approximate surface area is 184 Å². The van der Waals surface area contributed by atoms with Crippen molar-refractivity contribution < 1.29 is 22.7 Å². The number of ether oxygens (including phenoxy) is 1.